The number of halogens is 1. The second kappa shape index (κ2) is 5.66. The maximum absolute atomic E-state index is 10.8. The number of hydrogen-bond donors (Lipinski definition) is 2. The van der Waals surface area contributed by atoms with Crippen molar-refractivity contribution in [1.29, 1.82) is 0 Å². The number of nitrogens with one attached hydrogen (secondary N) is 1. The Hall–Kier alpha value is -0.850. The third-order valence-corrected chi connectivity index (χ3v) is 4.05. The number of carboxylic acid groups (broad SMARTS) is 1. The van der Waals surface area contributed by atoms with Gasteiger partial charge in [0.1, 0.15) is 5.82 Å². The molecule has 0 aliphatic heterocycles. The van der Waals surface area contributed by atoms with Gasteiger partial charge in [-0.15, -0.1) is 0 Å². The highest BCUT2D eigenvalue weighted by Crippen LogP contribution is 2.27. The first-order valence-electron chi connectivity index (χ1n) is 5.76. The average Bonchev–Trinajstić information content (AvgIpc) is 2.33. The lowest BCUT2D eigenvalue weighted by Gasteiger charge is -2.27. The number of nitrogens with zero attached hydrogens (tertiary/aromatic N) is 1. The molecule has 92 valence electrons. The minimum absolute atomic E-state index is 0.157. The van der Waals surface area contributed by atoms with E-state index in [1.807, 2.05) is 12.1 Å². The van der Waals surface area contributed by atoms with Crippen LogP contribution in [0.2, 0.25) is 0 Å². The molecule has 1 heterocycles. The van der Waals surface area contributed by atoms with E-state index < -0.39 is 5.97 Å². The quantitative estimate of drug-likeness (QED) is 0.827. The van der Waals surface area contributed by atoms with Crippen LogP contribution in [0.3, 0.4) is 0 Å². The van der Waals surface area contributed by atoms with Crippen molar-refractivity contribution in [2.45, 2.75) is 31.7 Å². The highest BCUT2D eigenvalue weighted by Gasteiger charge is 2.26. The molecule has 1 saturated carbocycles. The summed E-state index contributed by atoms with van der Waals surface area (Å²) in [4.78, 5) is 15.1. The maximum atomic E-state index is 10.8. The van der Waals surface area contributed by atoms with Crippen molar-refractivity contribution in [3.8, 4) is 0 Å². The van der Waals surface area contributed by atoms with Gasteiger partial charge in [-0.3, -0.25) is 4.79 Å². The number of aromatic nitrogens is 1. The molecule has 2 rings (SSSR count). The monoisotopic (exact) mass is 346 g/mol. The molecule has 2 N–H and O–H groups in total. The molecular weight excluding hydrogens is 331 g/mol. The number of pyridine rings is 1. The highest BCUT2D eigenvalue weighted by atomic mass is 127. The summed E-state index contributed by atoms with van der Waals surface area (Å²) >= 11 is 2.25. The summed E-state index contributed by atoms with van der Waals surface area (Å²) in [6.45, 7) is 0. The molecule has 1 fully saturated rings. The molecule has 0 saturated heterocycles. The molecule has 0 unspecified atom stereocenters. The minimum Gasteiger partial charge on any atom is -0.481 e. The largest absolute Gasteiger partial charge is 0.481 e. The van der Waals surface area contributed by atoms with Gasteiger partial charge >= 0.3 is 5.97 Å². The van der Waals surface area contributed by atoms with Crippen LogP contribution in [0, 0.1) is 9.49 Å². The van der Waals surface area contributed by atoms with E-state index in [0.29, 0.717) is 6.04 Å². The van der Waals surface area contributed by atoms with Crippen molar-refractivity contribution in [3.63, 3.8) is 0 Å². The Balaban J connectivity index is 1.90. The Kier molecular flexibility index (Phi) is 4.20. The Labute approximate surface area is 114 Å². The van der Waals surface area contributed by atoms with Crippen LogP contribution >= 0.6 is 22.6 Å². The first-order chi connectivity index (χ1) is 8.16. The maximum Gasteiger partial charge on any atom is 0.306 e. The molecule has 5 heteroatoms. The van der Waals surface area contributed by atoms with Crippen LogP contribution in [0.4, 0.5) is 5.82 Å². The number of carbonyl (C=O) groups is 1. The molecule has 0 spiro atoms. The zero-order valence-corrected chi connectivity index (χ0v) is 11.6. The lowest BCUT2D eigenvalue weighted by atomic mass is 9.86. The van der Waals surface area contributed by atoms with E-state index in [1.54, 1.807) is 6.20 Å². The summed E-state index contributed by atoms with van der Waals surface area (Å²) in [5.74, 6) is 0.0959. The molecule has 1 aromatic heterocycles. The van der Waals surface area contributed by atoms with E-state index in [0.717, 1.165) is 35.1 Å². The van der Waals surface area contributed by atoms with Gasteiger partial charge in [-0.2, -0.15) is 0 Å². The smallest absolute Gasteiger partial charge is 0.306 e. The van der Waals surface area contributed by atoms with Crippen LogP contribution in [-0.4, -0.2) is 22.1 Å². The van der Waals surface area contributed by atoms with E-state index in [1.165, 1.54) is 0 Å². The number of aliphatic carboxylic acids is 1. The van der Waals surface area contributed by atoms with Gasteiger partial charge < -0.3 is 10.4 Å². The van der Waals surface area contributed by atoms with Crippen molar-refractivity contribution < 1.29 is 9.90 Å². The molecule has 17 heavy (non-hydrogen) atoms. The number of rotatable bonds is 3. The van der Waals surface area contributed by atoms with Gasteiger partial charge in [0, 0.05) is 12.2 Å². The van der Waals surface area contributed by atoms with Crippen LogP contribution in [0.5, 0.6) is 0 Å². The minimum atomic E-state index is -0.657. The first kappa shape index (κ1) is 12.6. The number of carboxylic acids is 1. The molecule has 0 bridgehead atoms. The van der Waals surface area contributed by atoms with Crippen molar-refractivity contribution in [3.05, 3.63) is 21.9 Å². The van der Waals surface area contributed by atoms with E-state index >= 15 is 0 Å². The van der Waals surface area contributed by atoms with Crippen molar-refractivity contribution in [1.82, 2.24) is 4.98 Å². The third-order valence-electron chi connectivity index (χ3n) is 3.18. The molecule has 0 atom stereocenters. The summed E-state index contributed by atoms with van der Waals surface area (Å²) in [5, 5.41) is 12.3. The molecule has 1 aliphatic carbocycles. The van der Waals surface area contributed by atoms with Gasteiger partial charge in [0.2, 0.25) is 0 Å². The highest BCUT2D eigenvalue weighted by molar-refractivity contribution is 14.1. The van der Waals surface area contributed by atoms with Crippen molar-refractivity contribution in [2.24, 2.45) is 5.92 Å². The van der Waals surface area contributed by atoms with Gasteiger partial charge in [0.25, 0.3) is 0 Å². The Bertz CT molecular complexity index is 403. The predicted molar refractivity (Wildman–Crippen MR) is 74.0 cm³/mol. The van der Waals surface area contributed by atoms with Gasteiger partial charge in [-0.05, 0) is 60.4 Å². The molecule has 1 aliphatic rings. The molecule has 0 radical (unpaired) electrons. The molecule has 0 aromatic carbocycles. The molecule has 0 amide bonds. The van der Waals surface area contributed by atoms with E-state index in [-0.39, 0.29) is 5.92 Å². The Morgan fingerprint density at radius 3 is 2.71 bits per heavy atom. The van der Waals surface area contributed by atoms with Gasteiger partial charge in [-0.1, -0.05) is 0 Å². The third kappa shape index (κ3) is 3.31. The summed E-state index contributed by atoms with van der Waals surface area (Å²) < 4.78 is 1.10. The van der Waals surface area contributed by atoms with Crippen LogP contribution in [0.25, 0.3) is 0 Å². The van der Waals surface area contributed by atoms with Crippen LogP contribution in [0.1, 0.15) is 25.7 Å². The summed E-state index contributed by atoms with van der Waals surface area (Å²) in [5.41, 5.74) is 0. The molecule has 1 aromatic rings. The van der Waals surface area contributed by atoms with E-state index in [9.17, 15) is 4.79 Å². The fraction of sp³-hybridized carbons (Fsp3) is 0.500. The van der Waals surface area contributed by atoms with Crippen molar-refractivity contribution >= 4 is 34.4 Å². The standard InChI is InChI=1S/C12H15IN2O2/c13-10-2-1-7-14-11(10)15-9-5-3-8(4-6-9)12(16)17/h1-2,7-9H,3-6H2,(H,14,15)(H,16,17). The summed E-state index contributed by atoms with van der Waals surface area (Å²) in [6.07, 6.45) is 5.10. The van der Waals surface area contributed by atoms with Gasteiger partial charge in [0.05, 0.1) is 9.49 Å². The Morgan fingerprint density at radius 1 is 1.41 bits per heavy atom. The van der Waals surface area contributed by atoms with Crippen molar-refractivity contribution in [2.75, 3.05) is 5.32 Å². The zero-order valence-electron chi connectivity index (χ0n) is 9.40. The summed E-state index contributed by atoms with van der Waals surface area (Å²) in [7, 11) is 0. The van der Waals surface area contributed by atoms with Crippen LogP contribution in [0.15, 0.2) is 18.3 Å². The predicted octanol–water partition coefficient (Wildman–Crippen LogP) is 2.74. The van der Waals surface area contributed by atoms with Crippen LogP contribution in [-0.2, 0) is 4.79 Å². The fourth-order valence-electron chi connectivity index (χ4n) is 2.17. The van der Waals surface area contributed by atoms with Crippen LogP contribution < -0.4 is 5.32 Å². The first-order valence-corrected chi connectivity index (χ1v) is 6.84. The van der Waals surface area contributed by atoms with Gasteiger partial charge in [0.15, 0.2) is 0 Å². The average molecular weight is 346 g/mol. The fourth-order valence-corrected chi connectivity index (χ4v) is 2.67. The lowest BCUT2D eigenvalue weighted by molar-refractivity contribution is -0.142. The Morgan fingerprint density at radius 2 is 2.12 bits per heavy atom. The second-order valence-corrected chi connectivity index (χ2v) is 5.53. The van der Waals surface area contributed by atoms with E-state index in [4.69, 9.17) is 5.11 Å². The van der Waals surface area contributed by atoms with Gasteiger partial charge in [-0.25, -0.2) is 4.98 Å². The number of anilines is 1. The zero-order chi connectivity index (χ0) is 12.3. The topological polar surface area (TPSA) is 62.2 Å². The number of hydrogen-bond acceptors (Lipinski definition) is 3. The molecule has 4 nitrogen and oxygen atoms in total. The normalized spacial score (nSPS) is 24.3. The second-order valence-electron chi connectivity index (χ2n) is 4.36. The SMILES string of the molecule is O=C(O)C1CCC(Nc2ncccc2I)CC1. The lowest BCUT2D eigenvalue weighted by Crippen LogP contribution is -2.29. The summed E-state index contributed by atoms with van der Waals surface area (Å²) in [6, 6.07) is 4.28. The molecular formula is C12H15IN2O2. The van der Waals surface area contributed by atoms with E-state index in [2.05, 4.69) is 32.9 Å².